The number of hydrogen-bond donors (Lipinski definition) is 6. The van der Waals surface area contributed by atoms with Crippen LogP contribution in [0.5, 0.6) is 0 Å². The average molecular weight is 709 g/mol. The largest absolute Gasteiger partial charge is 0.396 e. The number of rotatable bonds is 40. The number of unbranched alkanes of at least 4 members (excludes halogenated alkanes) is 18. The van der Waals surface area contributed by atoms with Gasteiger partial charge >= 0.3 is 0 Å². The molecular weight excluding hydrogens is 628 g/mol. The first kappa shape index (κ1) is 48.6. The van der Waals surface area contributed by atoms with Crippen molar-refractivity contribution in [3.05, 3.63) is 0 Å². The maximum atomic E-state index is 10.1. The average Bonchev–Trinajstić information content (AvgIpc) is 3.13. The molecule has 0 rings (SSSR count). The second-order valence-corrected chi connectivity index (χ2v) is 14.9. The summed E-state index contributed by atoms with van der Waals surface area (Å²) in [7, 11) is 0. The minimum Gasteiger partial charge on any atom is -0.396 e. The molecule has 0 bridgehead atoms. The molecule has 0 fully saturated rings. The van der Waals surface area contributed by atoms with Crippen LogP contribution < -0.4 is 0 Å². The van der Waals surface area contributed by atoms with E-state index in [2.05, 4.69) is 13.8 Å². The molecule has 0 aromatic rings. The fraction of sp³-hybridized carbons (Fsp3) is 1.00. The molecule has 0 saturated heterocycles. The second-order valence-electron chi connectivity index (χ2n) is 14.9. The van der Waals surface area contributed by atoms with Crippen molar-refractivity contribution in [2.75, 3.05) is 92.5 Å². The smallest absolute Gasteiger partial charge is 0.0632 e. The molecule has 0 aliphatic carbocycles. The van der Waals surface area contributed by atoms with Gasteiger partial charge in [0.15, 0.2) is 0 Å². The summed E-state index contributed by atoms with van der Waals surface area (Å²) < 4.78 is 23.3. The lowest BCUT2D eigenvalue weighted by molar-refractivity contribution is -0.134. The van der Waals surface area contributed by atoms with Crippen LogP contribution >= 0.6 is 0 Å². The first-order valence-corrected chi connectivity index (χ1v) is 19.9. The molecule has 0 saturated carbocycles. The molecule has 49 heavy (non-hydrogen) atoms. The van der Waals surface area contributed by atoms with Crippen LogP contribution in [0.1, 0.15) is 142 Å². The van der Waals surface area contributed by atoms with Gasteiger partial charge in [0.25, 0.3) is 0 Å². The summed E-state index contributed by atoms with van der Waals surface area (Å²) in [4.78, 5) is 0. The second kappa shape index (κ2) is 33.4. The van der Waals surface area contributed by atoms with Crippen LogP contribution in [0.4, 0.5) is 0 Å². The van der Waals surface area contributed by atoms with Crippen molar-refractivity contribution in [1.29, 1.82) is 0 Å². The summed E-state index contributed by atoms with van der Waals surface area (Å²) in [6.07, 6.45) is 24.6. The summed E-state index contributed by atoms with van der Waals surface area (Å²) in [6.45, 7) is 3.42. The third-order valence-corrected chi connectivity index (χ3v) is 9.75. The molecule has 0 radical (unpaired) electrons. The molecule has 0 aromatic heterocycles. The van der Waals surface area contributed by atoms with Gasteiger partial charge in [0.1, 0.15) is 0 Å². The van der Waals surface area contributed by atoms with Gasteiger partial charge < -0.3 is 49.6 Å². The van der Waals surface area contributed by atoms with Gasteiger partial charge in [0.2, 0.25) is 0 Å². The van der Waals surface area contributed by atoms with Crippen LogP contribution in [-0.4, -0.2) is 123 Å². The minimum atomic E-state index is -1.15. The van der Waals surface area contributed by atoms with Crippen LogP contribution in [0.25, 0.3) is 0 Å². The van der Waals surface area contributed by atoms with Crippen molar-refractivity contribution in [3.8, 4) is 0 Å². The quantitative estimate of drug-likeness (QED) is 0.0430. The van der Waals surface area contributed by atoms with E-state index in [1.165, 1.54) is 103 Å². The van der Waals surface area contributed by atoms with Gasteiger partial charge in [0, 0.05) is 13.2 Å². The van der Waals surface area contributed by atoms with Gasteiger partial charge in [-0.15, -0.1) is 0 Å². The third kappa shape index (κ3) is 24.5. The van der Waals surface area contributed by atoms with Crippen molar-refractivity contribution >= 4 is 0 Å². The highest BCUT2D eigenvalue weighted by atomic mass is 16.5. The lowest BCUT2D eigenvalue weighted by atomic mass is 9.90. The number of hydrogen-bond acceptors (Lipinski definition) is 10. The molecule has 296 valence electrons. The summed E-state index contributed by atoms with van der Waals surface area (Å²) in [6, 6.07) is 0. The number of aliphatic hydroxyl groups excluding tert-OH is 6. The maximum absolute atomic E-state index is 10.1. The van der Waals surface area contributed by atoms with Crippen LogP contribution in [0.2, 0.25) is 0 Å². The SMILES string of the molecule is CCCCCCCCCCCCOCC(CO)(CO)COCC(CO)(CO)COCC(CO)(CO)COCCCCCCCCCCCC. The first-order chi connectivity index (χ1) is 23.9. The zero-order chi connectivity index (χ0) is 36.4. The van der Waals surface area contributed by atoms with Crippen molar-refractivity contribution in [2.24, 2.45) is 16.2 Å². The van der Waals surface area contributed by atoms with Crippen LogP contribution in [0.3, 0.4) is 0 Å². The molecule has 6 N–H and O–H groups in total. The topological polar surface area (TPSA) is 158 Å². The molecule has 0 spiro atoms. The lowest BCUT2D eigenvalue weighted by Gasteiger charge is -2.35. The zero-order valence-corrected chi connectivity index (χ0v) is 31.9. The Morgan fingerprint density at radius 2 is 0.490 bits per heavy atom. The summed E-state index contributed by atoms with van der Waals surface area (Å²) in [5, 5.41) is 60.6. The Morgan fingerprint density at radius 1 is 0.286 bits per heavy atom. The molecule has 10 nitrogen and oxygen atoms in total. The Balaban J connectivity index is 4.45. The summed E-state index contributed by atoms with van der Waals surface area (Å²) in [5.74, 6) is 0. The van der Waals surface area contributed by atoms with E-state index in [0.717, 1.165) is 25.7 Å². The van der Waals surface area contributed by atoms with Crippen LogP contribution in [0.15, 0.2) is 0 Å². The van der Waals surface area contributed by atoms with Crippen LogP contribution in [-0.2, 0) is 18.9 Å². The molecule has 0 unspecified atom stereocenters. The number of aliphatic hydroxyl groups is 6. The molecule has 0 aliphatic heterocycles. The van der Waals surface area contributed by atoms with Crippen molar-refractivity contribution in [2.45, 2.75) is 142 Å². The third-order valence-electron chi connectivity index (χ3n) is 9.75. The normalized spacial score (nSPS) is 12.7. The Morgan fingerprint density at radius 3 is 0.714 bits per heavy atom. The first-order valence-electron chi connectivity index (χ1n) is 19.9. The van der Waals surface area contributed by atoms with E-state index in [1.54, 1.807) is 0 Å². The van der Waals surface area contributed by atoms with Crippen molar-refractivity contribution in [3.63, 3.8) is 0 Å². The Hall–Kier alpha value is -0.400. The molecule has 0 heterocycles. The van der Waals surface area contributed by atoms with E-state index in [0.29, 0.717) is 13.2 Å². The fourth-order valence-corrected chi connectivity index (χ4v) is 5.75. The fourth-order valence-electron chi connectivity index (χ4n) is 5.75. The zero-order valence-electron chi connectivity index (χ0n) is 31.9. The molecule has 10 heteroatoms. The Kier molecular flexibility index (Phi) is 33.2. The van der Waals surface area contributed by atoms with Gasteiger partial charge in [-0.25, -0.2) is 0 Å². The predicted octanol–water partition coefficient (Wildman–Crippen LogP) is 5.81. The van der Waals surface area contributed by atoms with E-state index in [-0.39, 0.29) is 66.1 Å². The number of ether oxygens (including phenoxy) is 4. The molecule has 0 aromatic carbocycles. The van der Waals surface area contributed by atoms with Gasteiger partial charge in [-0.3, -0.25) is 0 Å². The standard InChI is InChI=1S/C39H80O10/c1-3-5-7-9-11-13-15-17-19-21-23-46-31-37(25-40,26-41)33-48-35-39(29-44,30-45)36-49-34-38(27-42,28-43)32-47-24-22-20-18-16-14-12-10-8-6-4-2/h40-45H,3-36H2,1-2H3. The highest BCUT2D eigenvalue weighted by Crippen LogP contribution is 2.24. The Labute approximate surface area is 300 Å². The lowest BCUT2D eigenvalue weighted by Crippen LogP contribution is -2.46. The van der Waals surface area contributed by atoms with E-state index in [9.17, 15) is 30.6 Å². The van der Waals surface area contributed by atoms with Gasteiger partial charge in [-0.2, -0.15) is 0 Å². The molecular formula is C39H80O10. The van der Waals surface area contributed by atoms with Gasteiger partial charge in [-0.1, -0.05) is 129 Å². The molecule has 0 atom stereocenters. The highest BCUT2D eigenvalue weighted by Gasteiger charge is 2.36. The molecule has 0 aliphatic rings. The minimum absolute atomic E-state index is 0.0240. The van der Waals surface area contributed by atoms with E-state index < -0.39 is 29.5 Å². The van der Waals surface area contributed by atoms with Crippen LogP contribution in [0, 0.1) is 16.2 Å². The highest BCUT2D eigenvalue weighted by molar-refractivity contribution is 4.83. The predicted molar refractivity (Wildman–Crippen MR) is 197 cm³/mol. The molecule has 0 amide bonds. The van der Waals surface area contributed by atoms with Crippen molar-refractivity contribution in [1.82, 2.24) is 0 Å². The van der Waals surface area contributed by atoms with Gasteiger partial charge in [-0.05, 0) is 12.8 Å². The Bertz CT molecular complexity index is 616. The maximum Gasteiger partial charge on any atom is 0.0632 e. The summed E-state index contributed by atoms with van der Waals surface area (Å²) in [5.41, 5.74) is -3.17. The van der Waals surface area contributed by atoms with Crippen molar-refractivity contribution < 1.29 is 49.6 Å². The monoisotopic (exact) mass is 709 g/mol. The van der Waals surface area contributed by atoms with E-state index in [4.69, 9.17) is 18.9 Å². The van der Waals surface area contributed by atoms with Gasteiger partial charge in [0.05, 0.1) is 95.5 Å². The summed E-state index contributed by atoms with van der Waals surface area (Å²) >= 11 is 0. The van der Waals surface area contributed by atoms with E-state index in [1.807, 2.05) is 0 Å². The van der Waals surface area contributed by atoms with E-state index >= 15 is 0 Å².